The second kappa shape index (κ2) is 5.33. The van der Waals surface area contributed by atoms with E-state index in [0.717, 1.165) is 31.8 Å². The summed E-state index contributed by atoms with van der Waals surface area (Å²) in [7, 11) is 0. The molecule has 4 atom stereocenters. The molecule has 3 N–H and O–H groups in total. The minimum Gasteiger partial charge on any atom is -0.364 e. The number of amides is 1. The summed E-state index contributed by atoms with van der Waals surface area (Å²) in [6.45, 7) is 6.65. The van der Waals surface area contributed by atoms with Crippen LogP contribution in [0.3, 0.4) is 0 Å². The molecule has 0 aromatic carbocycles. The van der Waals surface area contributed by atoms with Crippen LogP contribution in [0, 0.1) is 5.92 Å². The van der Waals surface area contributed by atoms with Crippen molar-refractivity contribution in [3.05, 3.63) is 0 Å². The molecule has 5 heteroatoms. The highest BCUT2D eigenvalue weighted by Gasteiger charge is 2.34. The van der Waals surface area contributed by atoms with Gasteiger partial charge in [-0.1, -0.05) is 6.92 Å². The topological polar surface area (TPSA) is 67.6 Å². The number of carbonyl (C=O) groups excluding carboxylic acids is 1. The van der Waals surface area contributed by atoms with Crippen LogP contribution in [0.2, 0.25) is 0 Å². The average Bonchev–Trinajstić information content (AvgIpc) is 2.86. The number of likely N-dealkylation sites (tertiary alicyclic amines) is 1. The molecule has 0 radical (unpaired) electrons. The van der Waals surface area contributed by atoms with Crippen LogP contribution in [0.25, 0.3) is 0 Å². The van der Waals surface area contributed by atoms with Crippen molar-refractivity contribution in [3.63, 3.8) is 0 Å². The van der Waals surface area contributed by atoms with Gasteiger partial charge in [0.05, 0.1) is 6.10 Å². The first kappa shape index (κ1) is 12.8. The van der Waals surface area contributed by atoms with Crippen molar-refractivity contribution in [1.82, 2.24) is 10.3 Å². The Kier molecular flexibility index (Phi) is 4.01. The van der Waals surface area contributed by atoms with E-state index in [4.69, 9.17) is 10.6 Å². The lowest BCUT2D eigenvalue weighted by molar-refractivity contribution is -0.132. The van der Waals surface area contributed by atoms with Crippen LogP contribution in [-0.2, 0) is 9.53 Å². The number of hydrogen-bond donors (Lipinski definition) is 2. The predicted octanol–water partition coefficient (Wildman–Crippen LogP) is 0.254. The van der Waals surface area contributed by atoms with E-state index in [9.17, 15) is 4.79 Å². The molecule has 4 unspecified atom stereocenters. The van der Waals surface area contributed by atoms with Crippen molar-refractivity contribution < 1.29 is 9.53 Å². The third kappa shape index (κ3) is 2.97. The van der Waals surface area contributed by atoms with Gasteiger partial charge in [0.1, 0.15) is 6.10 Å². The lowest BCUT2D eigenvalue weighted by atomic mass is 10.1. The molecule has 2 saturated heterocycles. The fraction of sp³-hybridized carbons (Fsp3) is 0.917. The molecule has 0 saturated carbocycles. The smallest absolute Gasteiger partial charge is 0.263 e. The number of carbonyl (C=O) groups is 1. The zero-order chi connectivity index (χ0) is 12.4. The Labute approximate surface area is 103 Å². The number of nitrogens with two attached hydrogens (primary N) is 1. The molecule has 2 aliphatic heterocycles. The standard InChI is InChI=1S/C12H23N3O2/c1-8-5-9(2)15(6-8)7-10-3-4-11(17-10)12(16)14-13/h8-11H,3-7,13H2,1-2H3,(H,14,16). The quantitative estimate of drug-likeness (QED) is 0.422. The van der Waals surface area contributed by atoms with Gasteiger partial charge in [0.15, 0.2) is 0 Å². The minimum atomic E-state index is -0.347. The highest BCUT2D eigenvalue weighted by atomic mass is 16.5. The normalized spacial score (nSPS) is 38.5. The third-order valence-electron chi connectivity index (χ3n) is 3.89. The molecule has 0 spiro atoms. The predicted molar refractivity (Wildman–Crippen MR) is 65.0 cm³/mol. The molecule has 5 nitrogen and oxygen atoms in total. The fourth-order valence-electron chi connectivity index (χ4n) is 3.03. The van der Waals surface area contributed by atoms with Crippen LogP contribution < -0.4 is 11.3 Å². The van der Waals surface area contributed by atoms with Gasteiger partial charge in [-0.25, -0.2) is 5.84 Å². The Hall–Kier alpha value is -0.650. The van der Waals surface area contributed by atoms with E-state index in [1.807, 2.05) is 0 Å². The van der Waals surface area contributed by atoms with Crippen molar-refractivity contribution in [2.75, 3.05) is 13.1 Å². The minimum absolute atomic E-state index is 0.185. The van der Waals surface area contributed by atoms with Gasteiger partial charge >= 0.3 is 0 Å². The van der Waals surface area contributed by atoms with E-state index < -0.39 is 0 Å². The SMILES string of the molecule is CC1CC(C)N(CC2CCC(C(=O)NN)O2)C1. The third-order valence-corrected chi connectivity index (χ3v) is 3.89. The number of nitrogens with zero attached hydrogens (tertiary/aromatic N) is 1. The second-order valence-electron chi connectivity index (χ2n) is 5.48. The van der Waals surface area contributed by atoms with Crippen LogP contribution in [0.5, 0.6) is 0 Å². The molecule has 0 aliphatic carbocycles. The molecular formula is C12H23N3O2. The van der Waals surface area contributed by atoms with E-state index >= 15 is 0 Å². The van der Waals surface area contributed by atoms with Gasteiger partial charge in [-0.05, 0) is 32.1 Å². The molecule has 0 aromatic rings. The monoisotopic (exact) mass is 241 g/mol. The van der Waals surface area contributed by atoms with Crippen molar-refractivity contribution in [1.29, 1.82) is 0 Å². The maximum absolute atomic E-state index is 11.3. The van der Waals surface area contributed by atoms with E-state index in [-0.39, 0.29) is 18.1 Å². The summed E-state index contributed by atoms with van der Waals surface area (Å²) in [4.78, 5) is 13.8. The van der Waals surface area contributed by atoms with Crippen molar-refractivity contribution >= 4 is 5.91 Å². The zero-order valence-corrected chi connectivity index (χ0v) is 10.7. The molecule has 2 fully saturated rings. The Balaban J connectivity index is 1.80. The average molecular weight is 241 g/mol. The Morgan fingerprint density at radius 2 is 2.24 bits per heavy atom. The Morgan fingerprint density at radius 1 is 1.47 bits per heavy atom. The summed E-state index contributed by atoms with van der Waals surface area (Å²) in [5.41, 5.74) is 2.16. The molecular weight excluding hydrogens is 218 g/mol. The van der Waals surface area contributed by atoms with Crippen molar-refractivity contribution in [3.8, 4) is 0 Å². The highest BCUT2D eigenvalue weighted by Crippen LogP contribution is 2.26. The maximum atomic E-state index is 11.3. The first-order valence-electron chi connectivity index (χ1n) is 6.50. The second-order valence-corrected chi connectivity index (χ2v) is 5.48. The summed E-state index contributed by atoms with van der Waals surface area (Å²) in [6.07, 6.45) is 2.84. The molecule has 98 valence electrons. The number of hydrazine groups is 1. The van der Waals surface area contributed by atoms with E-state index in [2.05, 4.69) is 24.2 Å². The maximum Gasteiger partial charge on any atom is 0.263 e. The van der Waals surface area contributed by atoms with Gasteiger partial charge in [-0.2, -0.15) is 0 Å². The molecule has 0 aromatic heterocycles. The Morgan fingerprint density at radius 3 is 2.82 bits per heavy atom. The van der Waals surface area contributed by atoms with Crippen LogP contribution in [0.15, 0.2) is 0 Å². The lowest BCUT2D eigenvalue weighted by Crippen LogP contribution is -2.40. The van der Waals surface area contributed by atoms with E-state index in [1.54, 1.807) is 0 Å². The van der Waals surface area contributed by atoms with Crippen LogP contribution >= 0.6 is 0 Å². The summed E-state index contributed by atoms with van der Waals surface area (Å²) in [5, 5.41) is 0. The van der Waals surface area contributed by atoms with Gasteiger partial charge in [0, 0.05) is 19.1 Å². The first-order chi connectivity index (χ1) is 8.10. The summed E-state index contributed by atoms with van der Waals surface area (Å²) >= 11 is 0. The van der Waals surface area contributed by atoms with Crippen LogP contribution in [0.4, 0.5) is 0 Å². The summed E-state index contributed by atoms with van der Waals surface area (Å²) in [5.74, 6) is 5.69. The van der Waals surface area contributed by atoms with Gasteiger partial charge in [0.25, 0.3) is 5.91 Å². The molecule has 2 heterocycles. The molecule has 17 heavy (non-hydrogen) atoms. The van der Waals surface area contributed by atoms with Gasteiger partial charge in [-0.15, -0.1) is 0 Å². The number of hydrogen-bond acceptors (Lipinski definition) is 4. The van der Waals surface area contributed by atoms with Gasteiger partial charge in [-0.3, -0.25) is 15.1 Å². The zero-order valence-electron chi connectivity index (χ0n) is 10.7. The number of ether oxygens (including phenoxy) is 1. The van der Waals surface area contributed by atoms with Crippen LogP contribution in [-0.4, -0.2) is 42.1 Å². The Bertz CT molecular complexity index is 285. The summed E-state index contributed by atoms with van der Waals surface area (Å²) < 4.78 is 5.73. The van der Waals surface area contributed by atoms with Crippen LogP contribution in [0.1, 0.15) is 33.1 Å². The molecule has 2 aliphatic rings. The highest BCUT2D eigenvalue weighted by molar-refractivity contribution is 5.80. The van der Waals surface area contributed by atoms with Crippen molar-refractivity contribution in [2.45, 2.75) is 51.4 Å². The molecule has 0 bridgehead atoms. The fourth-order valence-corrected chi connectivity index (χ4v) is 3.03. The van der Waals surface area contributed by atoms with Crippen molar-refractivity contribution in [2.24, 2.45) is 11.8 Å². The lowest BCUT2D eigenvalue weighted by Gasteiger charge is -2.24. The number of rotatable bonds is 3. The van der Waals surface area contributed by atoms with Gasteiger partial charge < -0.3 is 4.74 Å². The summed E-state index contributed by atoms with van der Waals surface area (Å²) in [6, 6.07) is 0.635. The van der Waals surface area contributed by atoms with E-state index in [0.29, 0.717) is 6.04 Å². The van der Waals surface area contributed by atoms with Gasteiger partial charge in [0.2, 0.25) is 0 Å². The molecule has 2 rings (SSSR count). The number of nitrogens with one attached hydrogen (secondary N) is 1. The van der Waals surface area contributed by atoms with E-state index in [1.165, 1.54) is 6.42 Å². The first-order valence-corrected chi connectivity index (χ1v) is 6.50. The largest absolute Gasteiger partial charge is 0.364 e. The molecule has 1 amide bonds.